The van der Waals surface area contributed by atoms with E-state index in [4.69, 9.17) is 0 Å². The fourth-order valence-corrected chi connectivity index (χ4v) is 5.83. The number of aromatic nitrogens is 2. The van der Waals surface area contributed by atoms with Crippen LogP contribution < -0.4 is 10.0 Å². The van der Waals surface area contributed by atoms with Crippen LogP contribution in [0, 0.1) is 11.7 Å². The van der Waals surface area contributed by atoms with E-state index in [1.807, 2.05) is 17.5 Å². The highest BCUT2D eigenvalue weighted by molar-refractivity contribution is 7.89. The van der Waals surface area contributed by atoms with Crippen molar-refractivity contribution in [2.24, 2.45) is 5.92 Å². The Bertz CT molecular complexity index is 1100. The van der Waals surface area contributed by atoms with Crippen molar-refractivity contribution in [2.45, 2.75) is 36.6 Å². The van der Waals surface area contributed by atoms with E-state index in [0.717, 1.165) is 48.8 Å². The Morgan fingerprint density at radius 2 is 1.84 bits per heavy atom. The largest absolute Gasteiger partial charge is 0.369 e. The molecule has 2 heterocycles. The van der Waals surface area contributed by atoms with E-state index in [1.165, 1.54) is 29.5 Å². The van der Waals surface area contributed by atoms with Gasteiger partial charge in [-0.05, 0) is 43.0 Å². The van der Waals surface area contributed by atoms with Gasteiger partial charge in [-0.1, -0.05) is 25.0 Å². The van der Waals surface area contributed by atoms with Crippen LogP contribution in [0.5, 0.6) is 0 Å². The normalized spacial score (nSPS) is 18.3. The zero-order valence-electron chi connectivity index (χ0n) is 17.1. The van der Waals surface area contributed by atoms with Gasteiger partial charge < -0.3 is 5.32 Å². The molecule has 1 aliphatic rings. The second-order valence-electron chi connectivity index (χ2n) is 7.36. The SMILES string of the molecule is Cl.Cl.O=S(=O)(NC1CCCCC1CNc1ncccc1-c1cscn1)c1ccccc1F. The van der Waals surface area contributed by atoms with Crippen molar-refractivity contribution < 1.29 is 12.8 Å². The molecule has 0 aliphatic heterocycles. The molecule has 1 fully saturated rings. The standard InChI is InChI=1S/C21H23FN4O2S2.2ClH/c22-17-8-2-4-10-20(17)30(27,28)26-18-9-3-1-6-15(18)12-24-21-16(7-5-11-23-21)19-13-29-14-25-19;;/h2,4-5,7-8,10-11,13-15,18,26H,1,3,6,9,12H2,(H,23,24);2*1H. The summed E-state index contributed by atoms with van der Waals surface area (Å²) in [4.78, 5) is 8.49. The monoisotopic (exact) mass is 518 g/mol. The van der Waals surface area contributed by atoms with Gasteiger partial charge in [0.05, 0.1) is 11.2 Å². The summed E-state index contributed by atoms with van der Waals surface area (Å²) < 4.78 is 42.3. The van der Waals surface area contributed by atoms with Crippen LogP contribution in [0.2, 0.25) is 0 Å². The van der Waals surface area contributed by atoms with E-state index in [1.54, 1.807) is 11.7 Å². The second-order valence-corrected chi connectivity index (χ2v) is 9.76. The average Bonchev–Trinajstić information content (AvgIpc) is 3.28. The third-order valence-electron chi connectivity index (χ3n) is 5.39. The molecule has 11 heteroatoms. The smallest absolute Gasteiger partial charge is 0.243 e. The van der Waals surface area contributed by atoms with Gasteiger partial charge in [0.15, 0.2) is 0 Å². The number of hydrogen-bond acceptors (Lipinski definition) is 6. The Morgan fingerprint density at radius 1 is 1.06 bits per heavy atom. The molecule has 2 unspecified atom stereocenters. The first-order valence-electron chi connectivity index (χ1n) is 9.89. The lowest BCUT2D eigenvalue weighted by atomic mass is 9.85. The summed E-state index contributed by atoms with van der Waals surface area (Å²) in [5.41, 5.74) is 3.55. The van der Waals surface area contributed by atoms with E-state index in [2.05, 4.69) is 20.0 Å². The number of sulfonamides is 1. The minimum Gasteiger partial charge on any atom is -0.369 e. The van der Waals surface area contributed by atoms with Crippen molar-refractivity contribution in [3.63, 3.8) is 0 Å². The summed E-state index contributed by atoms with van der Waals surface area (Å²) in [6.45, 7) is 0.568. The number of thiazole rings is 1. The zero-order chi connectivity index (χ0) is 21.0. The number of nitrogens with zero attached hydrogens (tertiary/aromatic N) is 2. The highest BCUT2D eigenvalue weighted by Gasteiger charge is 2.30. The highest BCUT2D eigenvalue weighted by Crippen LogP contribution is 2.29. The quantitative estimate of drug-likeness (QED) is 0.452. The van der Waals surface area contributed by atoms with Gasteiger partial charge in [-0.15, -0.1) is 36.2 Å². The molecular formula is C21H25Cl2FN4O2S2. The van der Waals surface area contributed by atoms with Crippen LogP contribution in [0.1, 0.15) is 25.7 Å². The van der Waals surface area contributed by atoms with Crippen molar-refractivity contribution in [3.05, 3.63) is 59.3 Å². The highest BCUT2D eigenvalue weighted by atomic mass is 35.5. The molecule has 0 radical (unpaired) electrons. The minimum atomic E-state index is -3.93. The van der Waals surface area contributed by atoms with E-state index >= 15 is 0 Å². The summed E-state index contributed by atoms with van der Waals surface area (Å²) in [7, 11) is -3.93. The molecule has 0 saturated heterocycles. The fourth-order valence-electron chi connectivity index (χ4n) is 3.86. The molecule has 0 spiro atoms. The lowest BCUT2D eigenvalue weighted by molar-refractivity contribution is 0.301. The molecule has 0 bridgehead atoms. The first-order valence-corrected chi connectivity index (χ1v) is 12.3. The lowest BCUT2D eigenvalue weighted by Gasteiger charge is -2.32. The molecule has 1 aliphatic carbocycles. The van der Waals surface area contributed by atoms with Gasteiger partial charge in [-0.3, -0.25) is 0 Å². The summed E-state index contributed by atoms with van der Waals surface area (Å²) in [5, 5.41) is 5.35. The van der Waals surface area contributed by atoms with E-state index in [-0.39, 0.29) is 41.7 Å². The van der Waals surface area contributed by atoms with Gasteiger partial charge in [0, 0.05) is 29.7 Å². The fraction of sp³-hybridized carbons (Fsp3) is 0.333. The summed E-state index contributed by atoms with van der Waals surface area (Å²) in [6, 6.07) is 9.03. The Hall–Kier alpha value is -1.78. The molecule has 2 atom stereocenters. The van der Waals surface area contributed by atoms with Crippen LogP contribution in [0.15, 0.2) is 58.4 Å². The molecule has 1 saturated carbocycles. The predicted molar refractivity (Wildman–Crippen MR) is 131 cm³/mol. The summed E-state index contributed by atoms with van der Waals surface area (Å²) in [6.07, 6.45) is 5.30. The number of halogens is 3. The maximum atomic E-state index is 14.0. The summed E-state index contributed by atoms with van der Waals surface area (Å²) >= 11 is 1.52. The van der Waals surface area contributed by atoms with Crippen LogP contribution >= 0.6 is 36.2 Å². The minimum absolute atomic E-state index is 0. The van der Waals surface area contributed by atoms with Crippen molar-refractivity contribution in [2.75, 3.05) is 11.9 Å². The Kier molecular flexibility index (Phi) is 9.84. The molecule has 4 rings (SSSR count). The molecule has 2 N–H and O–H groups in total. The molecule has 1 aromatic carbocycles. The van der Waals surface area contributed by atoms with E-state index in [9.17, 15) is 12.8 Å². The first-order chi connectivity index (χ1) is 14.5. The van der Waals surface area contributed by atoms with Gasteiger partial charge in [0.2, 0.25) is 10.0 Å². The predicted octanol–water partition coefficient (Wildman–Crippen LogP) is 5.14. The zero-order valence-corrected chi connectivity index (χ0v) is 20.4. The Balaban J connectivity index is 0.00000181. The van der Waals surface area contributed by atoms with Crippen LogP contribution in [0.4, 0.5) is 10.2 Å². The van der Waals surface area contributed by atoms with Crippen LogP contribution in [0.3, 0.4) is 0 Å². The summed E-state index contributed by atoms with van der Waals surface area (Å²) in [5.74, 6) is 0.0622. The lowest BCUT2D eigenvalue weighted by Crippen LogP contribution is -2.44. The second kappa shape index (κ2) is 11.9. The van der Waals surface area contributed by atoms with Crippen molar-refractivity contribution >= 4 is 52.0 Å². The number of pyridine rings is 1. The molecule has 6 nitrogen and oxygen atoms in total. The van der Waals surface area contributed by atoms with Gasteiger partial charge in [-0.2, -0.15) is 0 Å². The van der Waals surface area contributed by atoms with Crippen LogP contribution in [-0.4, -0.2) is 31.0 Å². The van der Waals surface area contributed by atoms with Crippen molar-refractivity contribution in [3.8, 4) is 11.3 Å². The molecule has 3 aromatic rings. The maximum absolute atomic E-state index is 14.0. The number of anilines is 1. The van der Waals surface area contributed by atoms with Crippen molar-refractivity contribution in [1.82, 2.24) is 14.7 Å². The van der Waals surface area contributed by atoms with Crippen molar-refractivity contribution in [1.29, 1.82) is 0 Å². The number of rotatable bonds is 7. The third-order valence-corrected chi connectivity index (χ3v) is 7.50. The molecule has 32 heavy (non-hydrogen) atoms. The molecule has 2 aromatic heterocycles. The van der Waals surface area contributed by atoms with Gasteiger partial charge >= 0.3 is 0 Å². The van der Waals surface area contributed by atoms with Crippen LogP contribution in [-0.2, 0) is 10.0 Å². The first kappa shape index (κ1) is 26.5. The van der Waals surface area contributed by atoms with E-state index < -0.39 is 15.8 Å². The number of nitrogens with one attached hydrogen (secondary N) is 2. The van der Waals surface area contributed by atoms with E-state index in [0.29, 0.717) is 6.54 Å². The molecule has 0 amide bonds. The Morgan fingerprint density at radius 3 is 2.59 bits per heavy atom. The van der Waals surface area contributed by atoms with Gasteiger partial charge in [-0.25, -0.2) is 27.5 Å². The topological polar surface area (TPSA) is 84.0 Å². The maximum Gasteiger partial charge on any atom is 0.243 e. The van der Waals surface area contributed by atoms with Gasteiger partial charge in [0.1, 0.15) is 16.5 Å². The van der Waals surface area contributed by atoms with Gasteiger partial charge in [0.25, 0.3) is 0 Å². The van der Waals surface area contributed by atoms with Crippen LogP contribution in [0.25, 0.3) is 11.3 Å². The molecule has 174 valence electrons. The Labute approximate surface area is 204 Å². The number of benzene rings is 1. The molecular weight excluding hydrogens is 494 g/mol. The number of hydrogen-bond donors (Lipinski definition) is 2. The third kappa shape index (κ3) is 6.17. The average molecular weight is 519 g/mol.